The third kappa shape index (κ3) is 6.28. The summed E-state index contributed by atoms with van der Waals surface area (Å²) in [7, 11) is 0. The number of piperazine rings is 1. The van der Waals surface area contributed by atoms with Crippen molar-refractivity contribution in [3.05, 3.63) is 71.3 Å². The van der Waals surface area contributed by atoms with Crippen LogP contribution in [0.4, 0.5) is 0 Å². The normalized spacial score (nSPS) is 17.1. The molecular formula is C26H34IN5O2. The monoisotopic (exact) mass is 575 g/mol. The summed E-state index contributed by atoms with van der Waals surface area (Å²) in [6.45, 7) is 5.40. The maximum absolute atomic E-state index is 12.6. The Morgan fingerprint density at radius 3 is 2.44 bits per heavy atom. The van der Waals surface area contributed by atoms with Crippen LogP contribution < -0.4 is 16.0 Å². The van der Waals surface area contributed by atoms with Crippen molar-refractivity contribution in [1.29, 1.82) is 0 Å². The number of rotatable bonds is 7. The van der Waals surface area contributed by atoms with Gasteiger partial charge >= 0.3 is 0 Å². The van der Waals surface area contributed by atoms with Gasteiger partial charge in [-0.25, -0.2) is 4.99 Å². The van der Waals surface area contributed by atoms with E-state index in [0.717, 1.165) is 24.6 Å². The summed E-state index contributed by atoms with van der Waals surface area (Å²) in [4.78, 5) is 30.5. The van der Waals surface area contributed by atoms with Crippen molar-refractivity contribution in [2.45, 2.75) is 38.1 Å². The van der Waals surface area contributed by atoms with Crippen LogP contribution in [0.1, 0.15) is 47.7 Å². The number of halogens is 1. The second-order valence-corrected chi connectivity index (χ2v) is 8.82. The zero-order chi connectivity index (χ0) is 23.1. The Hall–Kier alpha value is -2.62. The van der Waals surface area contributed by atoms with Crippen LogP contribution in [-0.4, -0.2) is 55.4 Å². The molecule has 7 nitrogen and oxygen atoms in total. The maximum Gasteiger partial charge on any atom is 0.254 e. The van der Waals surface area contributed by atoms with Gasteiger partial charge in [0.05, 0.1) is 13.1 Å². The summed E-state index contributed by atoms with van der Waals surface area (Å²) in [6, 6.07) is 18.2. The highest BCUT2D eigenvalue weighted by Gasteiger charge is 2.38. The Morgan fingerprint density at radius 1 is 1.09 bits per heavy atom. The molecule has 1 saturated heterocycles. The van der Waals surface area contributed by atoms with Gasteiger partial charge in [-0.15, -0.1) is 24.0 Å². The first-order chi connectivity index (χ1) is 16.1. The number of nitrogens with one attached hydrogen (secondary N) is 3. The van der Waals surface area contributed by atoms with Crippen molar-refractivity contribution in [3.8, 4) is 0 Å². The molecule has 0 atom stereocenters. The Balaban J connectivity index is 0.00000324. The van der Waals surface area contributed by atoms with E-state index in [4.69, 9.17) is 4.99 Å². The predicted octanol–water partition coefficient (Wildman–Crippen LogP) is 3.05. The van der Waals surface area contributed by atoms with Crippen molar-refractivity contribution in [2.24, 2.45) is 4.99 Å². The number of nitrogens with zero attached hydrogens (tertiary/aromatic N) is 2. The maximum atomic E-state index is 12.6. The van der Waals surface area contributed by atoms with Crippen LogP contribution in [0.5, 0.6) is 0 Å². The zero-order valence-corrected chi connectivity index (χ0v) is 22.0. The number of carbonyl (C=O) groups excluding carboxylic acids is 2. The van der Waals surface area contributed by atoms with Gasteiger partial charge in [0.15, 0.2) is 5.96 Å². The molecule has 1 aliphatic heterocycles. The molecule has 2 fully saturated rings. The second-order valence-electron chi connectivity index (χ2n) is 8.82. The standard InChI is InChI=1S/C26H33N5O2.HI/c1-2-27-25(30-19-26(13-6-14-26)22-7-4-3-5-8-22)29-17-20-9-11-21(12-10-20)24(33)31-16-15-28-23(32)18-31;/h3-5,7-12H,2,6,13-19H2,1H3,(H,28,32)(H2,27,29,30);1H. The topological polar surface area (TPSA) is 85.8 Å². The van der Waals surface area contributed by atoms with Crippen LogP contribution in [0, 0.1) is 0 Å². The lowest BCUT2D eigenvalue weighted by Gasteiger charge is -2.43. The molecule has 0 spiro atoms. The highest BCUT2D eigenvalue weighted by atomic mass is 127. The van der Waals surface area contributed by atoms with Gasteiger partial charge in [-0.2, -0.15) is 0 Å². The van der Waals surface area contributed by atoms with Gasteiger partial charge in [0.2, 0.25) is 5.91 Å². The molecule has 2 aromatic carbocycles. The number of carbonyl (C=O) groups is 2. The van der Waals surface area contributed by atoms with Gasteiger partial charge in [-0.05, 0) is 43.0 Å². The average Bonchev–Trinajstić information content (AvgIpc) is 2.82. The molecule has 0 unspecified atom stereocenters. The van der Waals surface area contributed by atoms with E-state index >= 15 is 0 Å². The molecular weight excluding hydrogens is 541 g/mol. The summed E-state index contributed by atoms with van der Waals surface area (Å²) in [6.07, 6.45) is 3.65. The molecule has 1 heterocycles. The van der Waals surface area contributed by atoms with E-state index in [2.05, 4.69) is 53.2 Å². The molecule has 0 aromatic heterocycles. The number of hydrogen-bond donors (Lipinski definition) is 3. The van der Waals surface area contributed by atoms with Crippen LogP contribution in [0.2, 0.25) is 0 Å². The lowest BCUT2D eigenvalue weighted by molar-refractivity contribution is -0.123. The number of hydrogen-bond acceptors (Lipinski definition) is 3. The Kier molecular flexibility index (Phi) is 9.32. The van der Waals surface area contributed by atoms with Crippen LogP contribution in [0.15, 0.2) is 59.6 Å². The third-order valence-corrected chi connectivity index (χ3v) is 6.58. The lowest BCUT2D eigenvalue weighted by Crippen LogP contribution is -2.49. The van der Waals surface area contributed by atoms with Gasteiger partial charge in [0.25, 0.3) is 5.91 Å². The van der Waals surface area contributed by atoms with Gasteiger partial charge in [-0.1, -0.05) is 48.9 Å². The van der Waals surface area contributed by atoms with E-state index in [1.807, 2.05) is 24.3 Å². The van der Waals surface area contributed by atoms with E-state index in [9.17, 15) is 9.59 Å². The quantitative estimate of drug-likeness (QED) is 0.269. The molecule has 2 aliphatic rings. The summed E-state index contributed by atoms with van der Waals surface area (Å²) in [5, 5.41) is 9.63. The van der Waals surface area contributed by atoms with Crippen LogP contribution in [-0.2, 0) is 16.8 Å². The minimum Gasteiger partial charge on any atom is -0.357 e. The largest absolute Gasteiger partial charge is 0.357 e. The van der Waals surface area contributed by atoms with E-state index in [-0.39, 0.29) is 47.8 Å². The highest BCUT2D eigenvalue weighted by Crippen LogP contribution is 2.43. The number of benzene rings is 2. The molecule has 0 radical (unpaired) electrons. The summed E-state index contributed by atoms with van der Waals surface area (Å²) >= 11 is 0. The summed E-state index contributed by atoms with van der Waals surface area (Å²) < 4.78 is 0. The Morgan fingerprint density at radius 2 is 1.82 bits per heavy atom. The second kappa shape index (κ2) is 12.2. The van der Waals surface area contributed by atoms with Crippen molar-refractivity contribution < 1.29 is 9.59 Å². The molecule has 2 aromatic rings. The van der Waals surface area contributed by atoms with Gasteiger partial charge < -0.3 is 20.9 Å². The SMILES string of the molecule is CCNC(=NCc1ccc(C(=O)N2CCNC(=O)C2)cc1)NCC1(c2ccccc2)CCC1.I. The van der Waals surface area contributed by atoms with Crippen LogP contribution in [0.3, 0.4) is 0 Å². The van der Waals surface area contributed by atoms with Crippen LogP contribution >= 0.6 is 24.0 Å². The molecule has 8 heteroatoms. The first-order valence-corrected chi connectivity index (χ1v) is 11.8. The van der Waals surface area contributed by atoms with Crippen molar-refractivity contribution in [3.63, 3.8) is 0 Å². The van der Waals surface area contributed by atoms with Crippen LogP contribution in [0.25, 0.3) is 0 Å². The number of aliphatic imine (C=N–C) groups is 1. The van der Waals surface area contributed by atoms with Gasteiger partial charge in [0, 0.05) is 37.2 Å². The van der Waals surface area contributed by atoms with Crippen molar-refractivity contribution in [1.82, 2.24) is 20.9 Å². The minimum atomic E-state index is -0.111. The molecule has 34 heavy (non-hydrogen) atoms. The fourth-order valence-corrected chi connectivity index (χ4v) is 4.48. The summed E-state index contributed by atoms with van der Waals surface area (Å²) in [5.74, 6) is 0.584. The molecule has 1 aliphatic carbocycles. The van der Waals surface area contributed by atoms with E-state index < -0.39 is 0 Å². The fraction of sp³-hybridized carbons (Fsp3) is 0.423. The van der Waals surface area contributed by atoms with Gasteiger partial charge in [0.1, 0.15) is 0 Å². The minimum absolute atomic E-state index is 0. The molecule has 4 rings (SSSR count). The molecule has 3 N–H and O–H groups in total. The predicted molar refractivity (Wildman–Crippen MR) is 146 cm³/mol. The smallest absolute Gasteiger partial charge is 0.254 e. The highest BCUT2D eigenvalue weighted by molar-refractivity contribution is 14.0. The number of guanidine groups is 1. The summed E-state index contributed by atoms with van der Waals surface area (Å²) in [5.41, 5.74) is 3.20. The molecule has 2 amide bonds. The third-order valence-electron chi connectivity index (χ3n) is 6.58. The Labute approximate surface area is 218 Å². The fourth-order valence-electron chi connectivity index (χ4n) is 4.48. The molecule has 1 saturated carbocycles. The lowest BCUT2D eigenvalue weighted by atomic mass is 9.64. The van der Waals surface area contributed by atoms with E-state index in [1.165, 1.54) is 24.8 Å². The average molecular weight is 575 g/mol. The van der Waals surface area contributed by atoms with E-state index in [1.54, 1.807) is 4.90 Å². The van der Waals surface area contributed by atoms with E-state index in [0.29, 0.717) is 25.2 Å². The zero-order valence-electron chi connectivity index (χ0n) is 19.7. The molecule has 182 valence electrons. The first-order valence-electron chi connectivity index (χ1n) is 11.8. The van der Waals surface area contributed by atoms with Crippen molar-refractivity contribution >= 4 is 41.8 Å². The Bertz CT molecular complexity index is 990. The number of amides is 2. The van der Waals surface area contributed by atoms with Gasteiger partial charge in [-0.3, -0.25) is 9.59 Å². The first kappa shape index (κ1) is 26.0. The molecule has 0 bridgehead atoms. The van der Waals surface area contributed by atoms with Crippen molar-refractivity contribution in [2.75, 3.05) is 32.7 Å².